The molecule has 0 saturated carbocycles. The Morgan fingerprint density at radius 1 is 1.12 bits per heavy atom. The zero-order valence-electron chi connectivity index (χ0n) is 13.8. The van der Waals surface area contributed by atoms with E-state index in [-0.39, 0.29) is 11.9 Å². The number of aryl methyl sites for hydroxylation is 1. The van der Waals surface area contributed by atoms with Crippen molar-refractivity contribution in [2.24, 2.45) is 0 Å². The van der Waals surface area contributed by atoms with Gasteiger partial charge in [0.05, 0.1) is 5.02 Å². The summed E-state index contributed by atoms with van der Waals surface area (Å²) in [5.74, 6) is 0.314. The van der Waals surface area contributed by atoms with Crippen molar-refractivity contribution in [3.63, 3.8) is 0 Å². The molecule has 0 radical (unpaired) electrons. The fourth-order valence-electron chi connectivity index (χ4n) is 3.40. The highest BCUT2D eigenvalue weighted by Crippen LogP contribution is 2.31. The standard InChI is InChI=1S/C20H17ClN2O2/c1-12-18(19(23-25-12)16-8-4-5-9-17(16)21)20(24)22-15-10-13-6-2-3-7-14(13)11-15/h2-9,15H,10-11H2,1H3,(H,22,24). The van der Waals surface area contributed by atoms with Crippen molar-refractivity contribution in [3.8, 4) is 11.3 Å². The molecule has 1 aliphatic carbocycles. The number of nitrogens with one attached hydrogen (secondary N) is 1. The van der Waals surface area contributed by atoms with Gasteiger partial charge in [0.15, 0.2) is 0 Å². The molecule has 1 amide bonds. The molecule has 0 aliphatic heterocycles. The number of rotatable bonds is 3. The monoisotopic (exact) mass is 352 g/mol. The summed E-state index contributed by atoms with van der Waals surface area (Å²) in [6.45, 7) is 1.74. The lowest BCUT2D eigenvalue weighted by atomic mass is 10.0. The van der Waals surface area contributed by atoms with Crippen LogP contribution in [0.1, 0.15) is 27.2 Å². The van der Waals surface area contributed by atoms with Gasteiger partial charge in [0.1, 0.15) is 17.0 Å². The molecule has 1 aliphatic rings. The Balaban J connectivity index is 1.60. The summed E-state index contributed by atoms with van der Waals surface area (Å²) in [4.78, 5) is 12.9. The highest BCUT2D eigenvalue weighted by molar-refractivity contribution is 6.33. The van der Waals surface area contributed by atoms with Crippen molar-refractivity contribution in [1.29, 1.82) is 0 Å². The molecule has 1 heterocycles. The number of amides is 1. The lowest BCUT2D eigenvalue weighted by Gasteiger charge is -2.12. The average molecular weight is 353 g/mol. The van der Waals surface area contributed by atoms with Crippen LogP contribution in [0.5, 0.6) is 0 Å². The third-order valence-electron chi connectivity index (χ3n) is 4.60. The maximum atomic E-state index is 12.9. The van der Waals surface area contributed by atoms with E-state index in [2.05, 4.69) is 22.6 Å². The van der Waals surface area contributed by atoms with Gasteiger partial charge in [-0.05, 0) is 37.0 Å². The minimum Gasteiger partial charge on any atom is -0.360 e. The van der Waals surface area contributed by atoms with Gasteiger partial charge in [-0.2, -0.15) is 0 Å². The largest absolute Gasteiger partial charge is 0.360 e. The molecule has 0 fully saturated rings. The fraction of sp³-hybridized carbons (Fsp3) is 0.200. The summed E-state index contributed by atoms with van der Waals surface area (Å²) in [5, 5.41) is 7.72. The summed E-state index contributed by atoms with van der Waals surface area (Å²) in [5.41, 5.74) is 4.21. The van der Waals surface area contributed by atoms with Gasteiger partial charge in [0.25, 0.3) is 5.91 Å². The highest BCUT2D eigenvalue weighted by Gasteiger charge is 2.27. The molecule has 4 rings (SSSR count). The van der Waals surface area contributed by atoms with E-state index in [1.54, 1.807) is 13.0 Å². The van der Waals surface area contributed by atoms with Crippen LogP contribution in [0.3, 0.4) is 0 Å². The van der Waals surface area contributed by atoms with E-state index in [9.17, 15) is 4.79 Å². The van der Waals surface area contributed by atoms with Crippen molar-refractivity contribution in [2.75, 3.05) is 0 Å². The number of carbonyl (C=O) groups is 1. The number of fused-ring (bicyclic) bond motifs is 1. The van der Waals surface area contributed by atoms with Crippen LogP contribution in [0.25, 0.3) is 11.3 Å². The molecule has 5 heteroatoms. The van der Waals surface area contributed by atoms with Gasteiger partial charge in [-0.25, -0.2) is 0 Å². The fourth-order valence-corrected chi connectivity index (χ4v) is 3.62. The number of benzene rings is 2. The van der Waals surface area contributed by atoms with Crippen LogP contribution >= 0.6 is 11.6 Å². The molecule has 0 atom stereocenters. The first-order valence-corrected chi connectivity index (χ1v) is 8.60. The maximum Gasteiger partial charge on any atom is 0.257 e. The van der Waals surface area contributed by atoms with Gasteiger partial charge < -0.3 is 9.84 Å². The SMILES string of the molecule is Cc1onc(-c2ccccc2Cl)c1C(=O)NC1Cc2ccccc2C1. The Morgan fingerprint density at radius 3 is 2.44 bits per heavy atom. The number of carbonyl (C=O) groups excluding carboxylic acids is 1. The molecule has 0 unspecified atom stereocenters. The van der Waals surface area contributed by atoms with Crippen molar-refractivity contribution in [2.45, 2.75) is 25.8 Å². The minimum atomic E-state index is -0.175. The summed E-state index contributed by atoms with van der Waals surface area (Å²) in [6, 6.07) is 15.7. The van der Waals surface area contributed by atoms with Gasteiger partial charge in [0.2, 0.25) is 0 Å². The smallest absolute Gasteiger partial charge is 0.257 e. The van der Waals surface area contributed by atoms with Crippen LogP contribution in [0.4, 0.5) is 0 Å². The van der Waals surface area contributed by atoms with Crippen molar-refractivity contribution in [3.05, 3.63) is 76.0 Å². The van der Waals surface area contributed by atoms with E-state index in [0.717, 1.165) is 12.8 Å². The quantitative estimate of drug-likeness (QED) is 0.768. The van der Waals surface area contributed by atoms with E-state index in [0.29, 0.717) is 27.6 Å². The second-order valence-electron chi connectivity index (χ2n) is 6.29. The second kappa shape index (κ2) is 6.37. The Hall–Kier alpha value is -2.59. The van der Waals surface area contributed by atoms with Crippen LogP contribution in [0, 0.1) is 6.92 Å². The molecular weight excluding hydrogens is 336 g/mol. The van der Waals surface area contributed by atoms with Crippen LogP contribution in [0.15, 0.2) is 53.1 Å². The number of hydrogen-bond acceptors (Lipinski definition) is 3. The molecule has 2 aromatic carbocycles. The van der Waals surface area contributed by atoms with Crippen LogP contribution in [-0.2, 0) is 12.8 Å². The van der Waals surface area contributed by atoms with Crippen molar-refractivity contribution < 1.29 is 9.32 Å². The Kier molecular flexibility index (Phi) is 4.06. The topological polar surface area (TPSA) is 55.1 Å². The molecule has 3 aromatic rings. The maximum absolute atomic E-state index is 12.9. The van der Waals surface area contributed by atoms with Crippen LogP contribution in [-0.4, -0.2) is 17.1 Å². The van der Waals surface area contributed by atoms with Gasteiger partial charge in [-0.3, -0.25) is 4.79 Å². The van der Waals surface area contributed by atoms with E-state index in [1.165, 1.54) is 11.1 Å². The zero-order valence-corrected chi connectivity index (χ0v) is 14.5. The molecule has 1 N–H and O–H groups in total. The first kappa shape index (κ1) is 15.9. The average Bonchev–Trinajstić information content (AvgIpc) is 3.18. The number of aromatic nitrogens is 1. The number of hydrogen-bond donors (Lipinski definition) is 1. The lowest BCUT2D eigenvalue weighted by Crippen LogP contribution is -2.35. The third-order valence-corrected chi connectivity index (χ3v) is 4.93. The molecule has 4 nitrogen and oxygen atoms in total. The number of nitrogens with zero attached hydrogens (tertiary/aromatic N) is 1. The molecule has 0 spiro atoms. The molecule has 25 heavy (non-hydrogen) atoms. The van der Waals surface area contributed by atoms with E-state index < -0.39 is 0 Å². The first-order valence-electron chi connectivity index (χ1n) is 8.22. The van der Waals surface area contributed by atoms with E-state index in [1.807, 2.05) is 30.3 Å². The third kappa shape index (κ3) is 2.94. The van der Waals surface area contributed by atoms with Gasteiger partial charge in [-0.1, -0.05) is 59.2 Å². The van der Waals surface area contributed by atoms with E-state index in [4.69, 9.17) is 16.1 Å². The second-order valence-corrected chi connectivity index (χ2v) is 6.70. The van der Waals surface area contributed by atoms with Gasteiger partial charge in [0, 0.05) is 11.6 Å². The summed E-state index contributed by atoms with van der Waals surface area (Å²) in [6.07, 6.45) is 1.68. The number of halogens is 1. The van der Waals surface area contributed by atoms with Gasteiger partial charge >= 0.3 is 0 Å². The molecule has 126 valence electrons. The Morgan fingerprint density at radius 2 is 1.76 bits per heavy atom. The Labute approximate surface area is 150 Å². The highest BCUT2D eigenvalue weighted by atomic mass is 35.5. The summed E-state index contributed by atoms with van der Waals surface area (Å²) in [7, 11) is 0. The van der Waals surface area contributed by atoms with Gasteiger partial charge in [-0.15, -0.1) is 0 Å². The van der Waals surface area contributed by atoms with E-state index >= 15 is 0 Å². The normalized spacial score (nSPS) is 13.7. The molecule has 1 aromatic heterocycles. The van der Waals surface area contributed by atoms with Crippen molar-refractivity contribution >= 4 is 17.5 Å². The summed E-state index contributed by atoms with van der Waals surface area (Å²) < 4.78 is 5.28. The zero-order chi connectivity index (χ0) is 17.4. The molecule has 0 saturated heterocycles. The summed E-state index contributed by atoms with van der Waals surface area (Å²) >= 11 is 6.26. The van der Waals surface area contributed by atoms with Crippen LogP contribution in [0.2, 0.25) is 5.02 Å². The predicted molar refractivity (Wildman–Crippen MR) is 96.8 cm³/mol. The van der Waals surface area contributed by atoms with Crippen LogP contribution < -0.4 is 5.32 Å². The lowest BCUT2D eigenvalue weighted by molar-refractivity contribution is 0.0937. The molecule has 0 bridgehead atoms. The van der Waals surface area contributed by atoms with Crippen molar-refractivity contribution in [1.82, 2.24) is 10.5 Å². The Bertz CT molecular complexity index is 923. The molecular formula is C20H17ClN2O2. The predicted octanol–water partition coefficient (Wildman–Crippen LogP) is 4.20. The minimum absolute atomic E-state index is 0.0818. The first-order chi connectivity index (χ1) is 12.1.